The Balaban J connectivity index is 4.78. The summed E-state index contributed by atoms with van der Waals surface area (Å²) in [5, 5.41) is 30.5. The van der Waals surface area contributed by atoms with Crippen molar-refractivity contribution in [3.63, 3.8) is 0 Å². The highest BCUT2D eigenvalue weighted by atomic mass is 32.2. The maximum atomic E-state index is 11.3. The highest BCUT2D eigenvalue weighted by Crippen LogP contribution is 2.21. The minimum Gasteiger partial charge on any atom is -0.481 e. The van der Waals surface area contributed by atoms with Gasteiger partial charge in [0, 0.05) is 24.3 Å². The molecule has 4 N–H and O–H groups in total. The molecule has 33 heavy (non-hydrogen) atoms. The molecule has 0 radical (unpaired) electrons. The summed E-state index contributed by atoms with van der Waals surface area (Å²) >= 11 is 1.21. The van der Waals surface area contributed by atoms with Gasteiger partial charge in [0.1, 0.15) is 6.04 Å². The fraction of sp³-hybridized carbons (Fsp3) is 0.560. The summed E-state index contributed by atoms with van der Waals surface area (Å²) in [7, 11) is 0. The van der Waals surface area contributed by atoms with E-state index in [4.69, 9.17) is 5.11 Å². The van der Waals surface area contributed by atoms with Gasteiger partial charge in [-0.05, 0) is 32.1 Å². The summed E-state index contributed by atoms with van der Waals surface area (Å²) in [5.41, 5.74) is 0. The Morgan fingerprint density at radius 3 is 2.33 bits per heavy atom. The molecule has 0 spiro atoms. The van der Waals surface area contributed by atoms with Gasteiger partial charge < -0.3 is 20.6 Å². The molecule has 0 aromatic carbocycles. The van der Waals surface area contributed by atoms with Crippen molar-refractivity contribution in [3.8, 4) is 0 Å². The van der Waals surface area contributed by atoms with E-state index < -0.39 is 35.2 Å². The predicted octanol–water partition coefficient (Wildman–Crippen LogP) is 4.49. The lowest BCUT2D eigenvalue weighted by Gasteiger charge is -2.21. The largest absolute Gasteiger partial charge is 0.481 e. The fourth-order valence-electron chi connectivity index (χ4n) is 2.81. The molecule has 8 heteroatoms. The summed E-state index contributed by atoms with van der Waals surface area (Å²) in [6.07, 6.45) is 20.9. The Bertz CT molecular complexity index is 686. The summed E-state index contributed by atoms with van der Waals surface area (Å²) in [6.45, 7) is 3.44. The molecule has 0 heterocycles. The first-order valence-corrected chi connectivity index (χ1v) is 12.5. The maximum Gasteiger partial charge on any atom is 0.327 e. The van der Waals surface area contributed by atoms with Crippen LogP contribution in [0.25, 0.3) is 0 Å². The van der Waals surface area contributed by atoms with Crippen LogP contribution in [-0.2, 0) is 14.4 Å². The van der Waals surface area contributed by atoms with E-state index >= 15 is 0 Å². The number of aliphatic hydroxyl groups excluding tert-OH is 1. The number of carbonyl (C=O) groups is 3. The predicted molar refractivity (Wildman–Crippen MR) is 134 cm³/mol. The van der Waals surface area contributed by atoms with E-state index in [0.717, 1.165) is 12.8 Å². The van der Waals surface area contributed by atoms with Crippen LogP contribution in [0.15, 0.2) is 48.6 Å². The molecule has 0 saturated heterocycles. The minimum absolute atomic E-state index is 0.0421. The maximum absolute atomic E-state index is 11.3. The molecule has 0 bridgehead atoms. The van der Waals surface area contributed by atoms with Crippen LogP contribution >= 0.6 is 11.8 Å². The number of hydrogen-bond donors (Lipinski definition) is 4. The van der Waals surface area contributed by atoms with Gasteiger partial charge in [0.05, 0.1) is 6.10 Å². The van der Waals surface area contributed by atoms with Gasteiger partial charge in [-0.3, -0.25) is 9.59 Å². The molecule has 7 nitrogen and oxygen atoms in total. The molecule has 3 atom stereocenters. The van der Waals surface area contributed by atoms with Crippen LogP contribution in [0.1, 0.15) is 65.2 Å². The van der Waals surface area contributed by atoms with Crippen molar-refractivity contribution in [2.24, 2.45) is 0 Å². The number of allylic oxidation sites excluding steroid dienone is 7. The van der Waals surface area contributed by atoms with Gasteiger partial charge in [-0.15, -0.1) is 11.8 Å². The molecule has 0 aliphatic carbocycles. The van der Waals surface area contributed by atoms with Crippen LogP contribution in [0.3, 0.4) is 0 Å². The Morgan fingerprint density at radius 2 is 1.70 bits per heavy atom. The lowest BCUT2D eigenvalue weighted by molar-refractivity contribution is -0.140. The molecule has 0 rings (SSSR count). The number of aliphatic carboxylic acids is 2. The van der Waals surface area contributed by atoms with E-state index in [1.54, 1.807) is 12.2 Å². The third kappa shape index (κ3) is 18.9. The second-order valence-electron chi connectivity index (χ2n) is 7.64. The van der Waals surface area contributed by atoms with Gasteiger partial charge >= 0.3 is 11.9 Å². The van der Waals surface area contributed by atoms with Crippen LogP contribution in [-0.4, -0.2) is 56.3 Å². The zero-order valence-corrected chi connectivity index (χ0v) is 20.5. The Morgan fingerprint density at radius 1 is 0.970 bits per heavy atom. The highest BCUT2D eigenvalue weighted by Gasteiger charge is 2.23. The van der Waals surface area contributed by atoms with Crippen LogP contribution < -0.4 is 5.32 Å². The second-order valence-corrected chi connectivity index (χ2v) is 8.85. The standard InChI is InChI=1S/C25H39NO6S/c1-3-4-5-6-7-8-9-10-11-12-13-14-17-23(22(28)16-15-18-24(29)30)33-19-21(25(31)32)26-20(2)27/h7-8,10-14,17,21-23,28H,3-6,9,15-16,18-19H2,1-2H3,(H,26,27)(H,29,30)(H,31,32)/b8-7+,11-10+,13-12+,17-14-/t21-,22-,23+/m0/s1. The molecular formula is C25H39NO6S. The van der Waals surface area contributed by atoms with Crippen LogP contribution in [0.5, 0.6) is 0 Å². The third-order valence-corrected chi connectivity index (χ3v) is 5.97. The molecule has 0 aliphatic heterocycles. The zero-order valence-electron chi connectivity index (χ0n) is 19.7. The van der Waals surface area contributed by atoms with Crippen molar-refractivity contribution >= 4 is 29.6 Å². The SMILES string of the molecule is CCCCC/C=C/C/C=C/C=C/C=C\[C@@H](SC[C@H](NC(C)=O)C(=O)O)[C@@H](O)CCCC(=O)O. The third-order valence-electron chi connectivity index (χ3n) is 4.58. The van der Waals surface area contributed by atoms with Gasteiger partial charge in [0.15, 0.2) is 0 Å². The Kier molecular flexibility index (Phi) is 18.9. The van der Waals surface area contributed by atoms with E-state index in [9.17, 15) is 24.6 Å². The Hall–Kier alpha value is -2.32. The van der Waals surface area contributed by atoms with Crippen molar-refractivity contribution in [2.45, 2.75) is 82.6 Å². The van der Waals surface area contributed by atoms with Crippen molar-refractivity contribution in [2.75, 3.05) is 5.75 Å². The normalized spacial score (nSPS) is 14.9. The number of carboxylic acid groups (broad SMARTS) is 2. The number of carboxylic acids is 2. The number of nitrogens with one attached hydrogen (secondary N) is 1. The average Bonchev–Trinajstić information content (AvgIpc) is 2.74. The second kappa shape index (κ2) is 20.3. The molecule has 0 fully saturated rings. The van der Waals surface area contributed by atoms with Gasteiger partial charge in [0.25, 0.3) is 0 Å². The molecule has 0 aromatic heterocycles. The smallest absolute Gasteiger partial charge is 0.327 e. The number of amides is 1. The molecule has 0 unspecified atom stereocenters. The molecule has 1 amide bonds. The monoisotopic (exact) mass is 481 g/mol. The van der Waals surface area contributed by atoms with E-state index in [2.05, 4.69) is 24.4 Å². The van der Waals surface area contributed by atoms with Crippen LogP contribution in [0.4, 0.5) is 0 Å². The number of aliphatic hydroxyl groups is 1. The molecule has 0 saturated carbocycles. The van der Waals surface area contributed by atoms with Crippen LogP contribution in [0.2, 0.25) is 0 Å². The summed E-state index contributed by atoms with van der Waals surface area (Å²) in [4.78, 5) is 33.3. The fourth-order valence-corrected chi connectivity index (χ4v) is 4.01. The first-order valence-electron chi connectivity index (χ1n) is 11.4. The lowest BCUT2D eigenvalue weighted by atomic mass is 10.1. The van der Waals surface area contributed by atoms with E-state index in [0.29, 0.717) is 6.42 Å². The molecule has 0 aliphatic rings. The number of thioether (sulfide) groups is 1. The first-order chi connectivity index (χ1) is 15.8. The molecule has 0 aromatic rings. The molecule has 186 valence electrons. The number of hydrogen-bond acceptors (Lipinski definition) is 5. The summed E-state index contributed by atoms with van der Waals surface area (Å²) in [5.74, 6) is -2.44. The van der Waals surface area contributed by atoms with Crippen molar-refractivity contribution in [3.05, 3.63) is 48.6 Å². The van der Waals surface area contributed by atoms with Crippen molar-refractivity contribution in [1.82, 2.24) is 5.32 Å². The zero-order chi connectivity index (χ0) is 24.9. The van der Waals surface area contributed by atoms with Gasteiger partial charge in [0.2, 0.25) is 5.91 Å². The quantitative estimate of drug-likeness (QED) is 0.122. The van der Waals surface area contributed by atoms with Crippen LogP contribution in [0, 0.1) is 0 Å². The minimum atomic E-state index is -1.15. The van der Waals surface area contributed by atoms with Gasteiger partial charge in [-0.2, -0.15) is 0 Å². The van der Waals surface area contributed by atoms with Gasteiger partial charge in [-0.25, -0.2) is 4.79 Å². The van der Waals surface area contributed by atoms with Crippen molar-refractivity contribution < 1.29 is 29.7 Å². The van der Waals surface area contributed by atoms with Gasteiger partial charge in [-0.1, -0.05) is 68.4 Å². The number of carbonyl (C=O) groups excluding carboxylic acids is 1. The summed E-state index contributed by atoms with van der Waals surface area (Å²) in [6, 6.07) is -1.07. The van der Waals surface area contributed by atoms with E-state index in [1.165, 1.54) is 37.9 Å². The van der Waals surface area contributed by atoms with E-state index in [-0.39, 0.29) is 18.6 Å². The lowest BCUT2D eigenvalue weighted by Crippen LogP contribution is -2.42. The van der Waals surface area contributed by atoms with Crippen molar-refractivity contribution in [1.29, 1.82) is 0 Å². The number of rotatable bonds is 19. The average molecular weight is 482 g/mol. The summed E-state index contributed by atoms with van der Waals surface area (Å²) < 4.78 is 0. The van der Waals surface area contributed by atoms with E-state index in [1.807, 2.05) is 24.3 Å². The topological polar surface area (TPSA) is 124 Å². The Labute approximate surface area is 201 Å². The highest BCUT2D eigenvalue weighted by molar-refractivity contribution is 8.00. The first kappa shape index (κ1) is 30.7. The number of unbranched alkanes of at least 4 members (excludes halogenated alkanes) is 3. The molecular weight excluding hydrogens is 442 g/mol.